The Bertz CT molecular complexity index is 2870. The molecule has 0 atom stereocenters. The van der Waals surface area contributed by atoms with Gasteiger partial charge < -0.3 is 40.5 Å². The van der Waals surface area contributed by atoms with Gasteiger partial charge in [-0.25, -0.2) is 9.59 Å². The number of nitrogens with two attached hydrogens (primary N) is 1. The lowest BCUT2D eigenvalue weighted by atomic mass is 9.82. The fraction of sp³-hybridized carbons (Fsp3) is 0.371. The van der Waals surface area contributed by atoms with Crippen LogP contribution in [0.15, 0.2) is 146 Å². The normalized spacial score (nSPS) is 18.2. The van der Waals surface area contributed by atoms with E-state index in [1.807, 2.05) is 78.9 Å². The number of ether oxygens (including phenoxy) is 2. The number of hydrogen-bond donors (Lipinski definition) is 3. The second-order valence-electron chi connectivity index (χ2n) is 22.2. The van der Waals surface area contributed by atoms with Crippen LogP contribution in [0.3, 0.4) is 0 Å². The maximum absolute atomic E-state index is 14.5. The largest absolute Gasteiger partial charge is 0.449 e. The molecule has 378 valence electrons. The number of nitrogens with one attached hydrogen (secondary N) is 2. The molecule has 0 saturated carbocycles. The number of anilines is 4. The van der Waals surface area contributed by atoms with Gasteiger partial charge in [-0.05, 0) is 130 Å². The van der Waals surface area contributed by atoms with Crippen molar-refractivity contribution in [1.29, 1.82) is 0 Å². The number of hydrogen-bond acceptors (Lipinski definition) is 8. The first-order chi connectivity index (χ1) is 35.2. The summed E-state index contributed by atoms with van der Waals surface area (Å²) in [5.74, 6) is -0.528. The summed E-state index contributed by atoms with van der Waals surface area (Å²) < 4.78 is 12.0. The molecular formula is C62H70N6O5. The van der Waals surface area contributed by atoms with Gasteiger partial charge in [-0.15, -0.1) is 0 Å². The second kappa shape index (κ2) is 20.7. The van der Waals surface area contributed by atoms with E-state index < -0.39 is 17.7 Å². The topological polar surface area (TPSA) is 129 Å². The molecule has 6 aromatic carbocycles. The van der Waals surface area contributed by atoms with Crippen LogP contribution in [0, 0.1) is 10.8 Å². The van der Waals surface area contributed by atoms with E-state index in [0.29, 0.717) is 16.5 Å². The average molecular weight is 979 g/mol. The zero-order chi connectivity index (χ0) is 50.7. The summed E-state index contributed by atoms with van der Waals surface area (Å²) in [4.78, 5) is 48.3. The van der Waals surface area contributed by atoms with Crippen LogP contribution in [0.2, 0.25) is 0 Å². The Morgan fingerprint density at radius 1 is 0.521 bits per heavy atom. The number of fused-ring (bicyclic) bond motifs is 6. The highest BCUT2D eigenvalue weighted by Gasteiger charge is 2.45. The zero-order valence-corrected chi connectivity index (χ0v) is 42.9. The quantitative estimate of drug-likeness (QED) is 0.122. The van der Waals surface area contributed by atoms with Gasteiger partial charge in [0, 0.05) is 73.9 Å². The number of benzene rings is 6. The minimum atomic E-state index is -1.33. The third-order valence-electron chi connectivity index (χ3n) is 16.3. The lowest BCUT2D eigenvalue weighted by Crippen LogP contribution is -2.62. The summed E-state index contributed by atoms with van der Waals surface area (Å²) in [5, 5.41) is 6.14. The molecule has 11 rings (SSSR count). The Labute approximate surface area is 431 Å². The zero-order valence-electron chi connectivity index (χ0n) is 42.9. The number of piperidine rings is 3. The van der Waals surface area contributed by atoms with Crippen LogP contribution in [-0.2, 0) is 14.3 Å². The number of carbonyl (C=O) groups is 3. The number of nitrogens with zero attached hydrogens (tertiary/aromatic N) is 3. The summed E-state index contributed by atoms with van der Waals surface area (Å²) in [5.41, 5.74) is 18.2. The second-order valence-corrected chi connectivity index (χ2v) is 22.2. The summed E-state index contributed by atoms with van der Waals surface area (Å²) in [7, 11) is 0. The molecule has 2 aliphatic carbocycles. The highest BCUT2D eigenvalue weighted by molar-refractivity contribution is 6.00. The van der Waals surface area contributed by atoms with E-state index in [9.17, 15) is 14.4 Å². The van der Waals surface area contributed by atoms with E-state index in [1.165, 1.54) is 18.5 Å². The first-order valence-electron chi connectivity index (χ1n) is 26.2. The Morgan fingerprint density at radius 2 is 0.945 bits per heavy atom. The van der Waals surface area contributed by atoms with Crippen LogP contribution in [0.1, 0.15) is 100 Å². The Hall–Kier alpha value is -7.27. The van der Waals surface area contributed by atoms with Crippen molar-refractivity contribution < 1.29 is 23.9 Å². The molecule has 4 N–H and O–H groups in total. The molecule has 6 aromatic rings. The van der Waals surface area contributed by atoms with Gasteiger partial charge in [-0.3, -0.25) is 4.79 Å². The summed E-state index contributed by atoms with van der Waals surface area (Å²) in [6.07, 6.45) is 3.99. The highest BCUT2D eigenvalue weighted by atomic mass is 16.6. The number of amides is 3. The molecule has 3 saturated heterocycles. The number of alkyl carbamates (subject to hydrolysis) is 1. The lowest BCUT2D eigenvalue weighted by molar-refractivity contribution is -0.124. The Balaban J connectivity index is 0.000000349. The molecule has 0 radical (unpaired) electrons. The van der Waals surface area contributed by atoms with Crippen LogP contribution in [-0.4, -0.2) is 81.0 Å². The van der Waals surface area contributed by atoms with Crippen molar-refractivity contribution in [3.05, 3.63) is 168 Å². The molecule has 0 aromatic heterocycles. The molecule has 3 heterocycles. The van der Waals surface area contributed by atoms with Gasteiger partial charge in [-0.1, -0.05) is 137 Å². The molecular weight excluding hydrogens is 909 g/mol. The standard InChI is InChI=1S/C49H50N4O5.C13H20N2/c1-48(2)22-26-52(27-23-48)34-13-11-12-33(30-34)50-45(54)49(51-46(55)57-31-43-39-18-7-3-14-35(39)36-15-4-8-19-40(36)43)24-28-53(29-25-49)47(56)58-32-44-41-20-9-5-16-37(41)38-17-6-10-21-42(38)44;1-13(2)6-8-15(9-7-13)12-5-3-4-11(14)10-12/h3-21,30,43-44H,22-29,31-32H2,1-2H3,(H,50,54)(H,51,55);3-5,10H,6-9,14H2,1-2H3. The predicted octanol–water partition coefficient (Wildman–Crippen LogP) is 12.5. The smallest absolute Gasteiger partial charge is 0.409 e. The third kappa shape index (κ3) is 10.8. The molecule has 11 nitrogen and oxygen atoms in total. The minimum absolute atomic E-state index is 0.0616. The molecule has 0 bridgehead atoms. The van der Waals surface area contributed by atoms with Crippen LogP contribution in [0.4, 0.5) is 32.3 Å². The van der Waals surface area contributed by atoms with Crippen molar-refractivity contribution in [2.45, 2.75) is 83.6 Å². The van der Waals surface area contributed by atoms with Crippen molar-refractivity contribution in [2.24, 2.45) is 10.8 Å². The van der Waals surface area contributed by atoms with Crippen LogP contribution < -0.4 is 26.2 Å². The van der Waals surface area contributed by atoms with Gasteiger partial charge in [0.25, 0.3) is 0 Å². The molecule has 0 spiro atoms. The van der Waals surface area contributed by atoms with Crippen molar-refractivity contribution in [3.8, 4) is 22.3 Å². The third-order valence-corrected chi connectivity index (χ3v) is 16.3. The summed E-state index contributed by atoms with van der Waals surface area (Å²) in [6.45, 7) is 14.3. The lowest BCUT2D eigenvalue weighted by Gasteiger charge is -2.40. The fourth-order valence-electron chi connectivity index (χ4n) is 11.5. The van der Waals surface area contributed by atoms with E-state index >= 15 is 0 Å². The molecule has 5 aliphatic rings. The number of rotatable bonds is 9. The summed E-state index contributed by atoms with van der Waals surface area (Å²) in [6, 6.07) is 49.0. The predicted molar refractivity (Wildman–Crippen MR) is 293 cm³/mol. The number of likely N-dealkylation sites (tertiary alicyclic amines) is 1. The molecule has 0 unspecified atom stereocenters. The molecule has 3 fully saturated rings. The van der Waals surface area contributed by atoms with Crippen molar-refractivity contribution in [2.75, 3.05) is 73.3 Å². The van der Waals surface area contributed by atoms with E-state index in [0.717, 1.165) is 94.9 Å². The van der Waals surface area contributed by atoms with Crippen LogP contribution >= 0.6 is 0 Å². The van der Waals surface area contributed by atoms with Crippen molar-refractivity contribution >= 4 is 40.8 Å². The Kier molecular flexibility index (Phi) is 14.0. The van der Waals surface area contributed by atoms with E-state index in [2.05, 4.69) is 115 Å². The fourth-order valence-corrected chi connectivity index (χ4v) is 11.5. The Morgan fingerprint density at radius 3 is 1.41 bits per heavy atom. The van der Waals surface area contributed by atoms with E-state index in [-0.39, 0.29) is 56.9 Å². The van der Waals surface area contributed by atoms with Crippen molar-refractivity contribution in [1.82, 2.24) is 10.2 Å². The average Bonchev–Trinajstić information content (AvgIpc) is 3.90. The van der Waals surface area contributed by atoms with Crippen LogP contribution in [0.25, 0.3) is 22.3 Å². The van der Waals surface area contributed by atoms with E-state index in [1.54, 1.807) is 4.90 Å². The molecule has 11 heteroatoms. The molecule has 3 aliphatic heterocycles. The first-order valence-corrected chi connectivity index (χ1v) is 26.2. The van der Waals surface area contributed by atoms with Gasteiger partial charge in [0.15, 0.2) is 0 Å². The van der Waals surface area contributed by atoms with E-state index in [4.69, 9.17) is 15.2 Å². The van der Waals surface area contributed by atoms with Gasteiger partial charge in [-0.2, -0.15) is 0 Å². The van der Waals surface area contributed by atoms with Gasteiger partial charge in [0.05, 0.1) is 0 Å². The maximum atomic E-state index is 14.5. The van der Waals surface area contributed by atoms with Gasteiger partial charge in [0.1, 0.15) is 18.8 Å². The van der Waals surface area contributed by atoms with Gasteiger partial charge in [0.2, 0.25) is 5.91 Å². The van der Waals surface area contributed by atoms with Crippen molar-refractivity contribution in [3.63, 3.8) is 0 Å². The minimum Gasteiger partial charge on any atom is -0.449 e. The maximum Gasteiger partial charge on any atom is 0.409 e. The van der Waals surface area contributed by atoms with Crippen LogP contribution in [0.5, 0.6) is 0 Å². The monoisotopic (exact) mass is 979 g/mol. The number of nitrogen functional groups attached to an aromatic ring is 1. The number of carbonyl (C=O) groups excluding carboxylic acids is 3. The SMILES string of the molecule is CC1(C)CCN(c2cccc(N)c2)CC1.CC1(C)CCN(c2cccc(NC(=O)C3(NC(=O)OCC4c5ccccc5-c5ccccc54)CCN(C(=O)OCC4c5ccccc5-c5ccccc54)CC3)c2)CC1. The molecule has 3 amide bonds. The molecule has 73 heavy (non-hydrogen) atoms. The van der Waals surface area contributed by atoms with Gasteiger partial charge >= 0.3 is 12.2 Å². The summed E-state index contributed by atoms with van der Waals surface area (Å²) >= 11 is 0. The first kappa shape index (κ1) is 49.3. The highest BCUT2D eigenvalue weighted by Crippen LogP contribution is 2.46.